The first-order valence-electron chi connectivity index (χ1n) is 5.35. The molecule has 0 fully saturated rings. The molecule has 0 aliphatic heterocycles. The predicted molar refractivity (Wildman–Crippen MR) is 61.4 cm³/mol. The van der Waals surface area contributed by atoms with E-state index in [1.807, 2.05) is 25.3 Å². The van der Waals surface area contributed by atoms with Crippen LogP contribution in [0.4, 0.5) is 0 Å². The second-order valence-electron chi connectivity index (χ2n) is 3.63. The van der Waals surface area contributed by atoms with Gasteiger partial charge in [0.15, 0.2) is 0 Å². The maximum Gasteiger partial charge on any atom is 0.109 e. The zero-order valence-electron chi connectivity index (χ0n) is 9.55. The second kappa shape index (κ2) is 4.90. The highest BCUT2D eigenvalue weighted by Gasteiger charge is 2.02. The van der Waals surface area contributed by atoms with Crippen molar-refractivity contribution in [3.63, 3.8) is 0 Å². The number of benzene rings is 1. The molecule has 0 spiro atoms. The van der Waals surface area contributed by atoms with E-state index in [1.165, 1.54) is 5.56 Å². The summed E-state index contributed by atoms with van der Waals surface area (Å²) in [5.74, 6) is 0. The van der Waals surface area contributed by atoms with Gasteiger partial charge >= 0.3 is 0 Å². The number of aryl methyl sites for hydroxylation is 1. The fraction of sp³-hybridized carbons (Fsp3) is 0.333. The molecule has 0 radical (unpaired) electrons. The Morgan fingerprint density at radius 3 is 3.00 bits per heavy atom. The fourth-order valence-electron chi connectivity index (χ4n) is 1.47. The van der Waals surface area contributed by atoms with Gasteiger partial charge in [-0.25, -0.2) is 4.68 Å². The van der Waals surface area contributed by atoms with E-state index in [4.69, 9.17) is 4.74 Å². The largest absolute Gasteiger partial charge is 0.375 e. The third kappa shape index (κ3) is 2.46. The van der Waals surface area contributed by atoms with Gasteiger partial charge in [0, 0.05) is 6.61 Å². The highest BCUT2D eigenvalue weighted by atomic mass is 16.5. The first-order valence-corrected chi connectivity index (χ1v) is 5.35. The lowest BCUT2D eigenvalue weighted by atomic mass is 10.2. The molecule has 4 nitrogen and oxygen atoms in total. The summed E-state index contributed by atoms with van der Waals surface area (Å²) < 4.78 is 7.04. The van der Waals surface area contributed by atoms with E-state index < -0.39 is 0 Å². The summed E-state index contributed by atoms with van der Waals surface area (Å²) in [6.07, 6.45) is 1.89. The van der Waals surface area contributed by atoms with Gasteiger partial charge in [-0.15, -0.1) is 5.10 Å². The summed E-state index contributed by atoms with van der Waals surface area (Å²) in [5, 5.41) is 8.11. The van der Waals surface area contributed by atoms with Crippen molar-refractivity contribution in [2.45, 2.75) is 20.5 Å². The Hall–Kier alpha value is -1.68. The first-order chi connectivity index (χ1) is 7.79. The SMILES string of the molecule is CCOCc1cn(-c2cccc(C)c2)nn1. The van der Waals surface area contributed by atoms with E-state index in [1.54, 1.807) is 4.68 Å². The number of ether oxygens (including phenoxy) is 1. The molecule has 0 unspecified atom stereocenters. The van der Waals surface area contributed by atoms with E-state index in [9.17, 15) is 0 Å². The summed E-state index contributed by atoms with van der Waals surface area (Å²) in [4.78, 5) is 0. The molecule has 0 saturated carbocycles. The number of nitrogens with zero attached hydrogens (tertiary/aromatic N) is 3. The van der Waals surface area contributed by atoms with E-state index in [0.29, 0.717) is 13.2 Å². The Morgan fingerprint density at radius 1 is 1.38 bits per heavy atom. The molecule has 0 saturated heterocycles. The van der Waals surface area contributed by atoms with Gasteiger partial charge in [0.1, 0.15) is 5.69 Å². The van der Waals surface area contributed by atoms with Gasteiger partial charge in [0.05, 0.1) is 18.5 Å². The molecule has 16 heavy (non-hydrogen) atoms. The Kier molecular flexibility index (Phi) is 3.31. The molecular formula is C12H15N3O. The van der Waals surface area contributed by atoms with Gasteiger partial charge < -0.3 is 4.74 Å². The van der Waals surface area contributed by atoms with Gasteiger partial charge in [-0.2, -0.15) is 0 Å². The molecular weight excluding hydrogens is 202 g/mol. The zero-order valence-corrected chi connectivity index (χ0v) is 9.55. The van der Waals surface area contributed by atoms with Crippen molar-refractivity contribution in [3.05, 3.63) is 41.7 Å². The highest BCUT2D eigenvalue weighted by Crippen LogP contribution is 2.09. The lowest BCUT2D eigenvalue weighted by Crippen LogP contribution is -1.94. The van der Waals surface area contributed by atoms with E-state index in [-0.39, 0.29) is 0 Å². The molecule has 0 bridgehead atoms. The van der Waals surface area contributed by atoms with Crippen molar-refractivity contribution in [1.29, 1.82) is 0 Å². The van der Waals surface area contributed by atoms with Gasteiger partial charge in [-0.05, 0) is 31.5 Å². The van der Waals surface area contributed by atoms with Crippen molar-refractivity contribution in [2.24, 2.45) is 0 Å². The minimum atomic E-state index is 0.516. The van der Waals surface area contributed by atoms with E-state index in [2.05, 4.69) is 29.4 Å². The summed E-state index contributed by atoms with van der Waals surface area (Å²) in [6.45, 7) is 5.23. The van der Waals surface area contributed by atoms with Crippen molar-refractivity contribution < 1.29 is 4.74 Å². The zero-order chi connectivity index (χ0) is 11.4. The lowest BCUT2D eigenvalue weighted by Gasteiger charge is -2.00. The monoisotopic (exact) mass is 217 g/mol. The van der Waals surface area contributed by atoms with Crippen LogP contribution in [-0.4, -0.2) is 21.6 Å². The highest BCUT2D eigenvalue weighted by molar-refractivity contribution is 5.34. The van der Waals surface area contributed by atoms with Gasteiger partial charge in [-0.3, -0.25) is 0 Å². The van der Waals surface area contributed by atoms with E-state index >= 15 is 0 Å². The van der Waals surface area contributed by atoms with Gasteiger partial charge in [0.25, 0.3) is 0 Å². The average molecular weight is 217 g/mol. The molecule has 0 aliphatic carbocycles. The van der Waals surface area contributed by atoms with Crippen LogP contribution < -0.4 is 0 Å². The maximum atomic E-state index is 5.28. The maximum absolute atomic E-state index is 5.28. The molecule has 1 aromatic heterocycles. The molecule has 4 heteroatoms. The molecule has 2 aromatic rings. The number of hydrogen-bond donors (Lipinski definition) is 0. The lowest BCUT2D eigenvalue weighted by molar-refractivity contribution is 0.131. The van der Waals surface area contributed by atoms with Gasteiger partial charge in [0.2, 0.25) is 0 Å². The Balaban J connectivity index is 2.18. The molecule has 0 N–H and O–H groups in total. The third-order valence-electron chi connectivity index (χ3n) is 2.26. The number of hydrogen-bond acceptors (Lipinski definition) is 3. The van der Waals surface area contributed by atoms with Crippen LogP contribution in [0.15, 0.2) is 30.5 Å². The van der Waals surface area contributed by atoms with E-state index in [0.717, 1.165) is 11.4 Å². The fourth-order valence-corrected chi connectivity index (χ4v) is 1.47. The molecule has 0 aliphatic rings. The van der Waals surface area contributed by atoms with Crippen molar-refractivity contribution >= 4 is 0 Å². The first kappa shape index (κ1) is 10.8. The van der Waals surface area contributed by atoms with Crippen molar-refractivity contribution in [1.82, 2.24) is 15.0 Å². The molecule has 84 valence electrons. The number of aromatic nitrogens is 3. The normalized spacial score (nSPS) is 10.6. The minimum absolute atomic E-state index is 0.516. The molecule has 1 heterocycles. The summed E-state index contributed by atoms with van der Waals surface area (Å²) in [5.41, 5.74) is 3.08. The summed E-state index contributed by atoms with van der Waals surface area (Å²) in [6, 6.07) is 8.14. The molecule has 1 aromatic carbocycles. The van der Waals surface area contributed by atoms with Gasteiger partial charge in [-0.1, -0.05) is 17.3 Å². The third-order valence-corrected chi connectivity index (χ3v) is 2.26. The minimum Gasteiger partial charge on any atom is -0.375 e. The summed E-state index contributed by atoms with van der Waals surface area (Å²) in [7, 11) is 0. The van der Waals surface area contributed by atoms with Crippen LogP contribution in [0.25, 0.3) is 5.69 Å². The van der Waals surface area contributed by atoms with Crippen LogP contribution in [0, 0.1) is 6.92 Å². The Labute approximate surface area is 94.9 Å². The molecule has 0 amide bonds. The van der Waals surface area contributed by atoms with Crippen LogP contribution in [0.5, 0.6) is 0 Å². The second-order valence-corrected chi connectivity index (χ2v) is 3.63. The standard InChI is InChI=1S/C12H15N3O/c1-3-16-9-11-8-15(14-13-11)12-6-4-5-10(2)7-12/h4-8H,3,9H2,1-2H3. The van der Waals surface area contributed by atoms with Crippen LogP contribution in [-0.2, 0) is 11.3 Å². The smallest absolute Gasteiger partial charge is 0.109 e. The quantitative estimate of drug-likeness (QED) is 0.787. The van der Waals surface area contributed by atoms with Crippen LogP contribution in [0.3, 0.4) is 0 Å². The van der Waals surface area contributed by atoms with Crippen molar-refractivity contribution in [3.8, 4) is 5.69 Å². The average Bonchev–Trinajstić information content (AvgIpc) is 2.75. The Bertz CT molecular complexity index is 465. The van der Waals surface area contributed by atoms with Crippen LogP contribution >= 0.6 is 0 Å². The van der Waals surface area contributed by atoms with Crippen LogP contribution in [0.2, 0.25) is 0 Å². The Morgan fingerprint density at radius 2 is 2.25 bits per heavy atom. The predicted octanol–water partition coefficient (Wildman–Crippen LogP) is 2.11. The topological polar surface area (TPSA) is 39.9 Å². The molecule has 2 rings (SSSR count). The molecule has 0 atom stereocenters. The van der Waals surface area contributed by atoms with Crippen LogP contribution in [0.1, 0.15) is 18.2 Å². The summed E-state index contributed by atoms with van der Waals surface area (Å²) >= 11 is 0. The van der Waals surface area contributed by atoms with Crippen molar-refractivity contribution in [2.75, 3.05) is 6.61 Å². The number of rotatable bonds is 4.